The van der Waals surface area contributed by atoms with Crippen LogP contribution in [0.3, 0.4) is 0 Å². The van der Waals surface area contributed by atoms with Gasteiger partial charge in [0.05, 0.1) is 13.2 Å². The van der Waals surface area contributed by atoms with Crippen LogP contribution in [0.15, 0.2) is 42.6 Å². The van der Waals surface area contributed by atoms with Crippen molar-refractivity contribution in [2.45, 2.75) is 52.0 Å². The molecule has 1 fully saturated rings. The van der Waals surface area contributed by atoms with E-state index in [2.05, 4.69) is 27.3 Å². The Morgan fingerprint density at radius 3 is 2.43 bits per heavy atom. The quantitative estimate of drug-likeness (QED) is 0.590. The van der Waals surface area contributed by atoms with Crippen LogP contribution < -0.4 is 19.7 Å². The third kappa shape index (κ3) is 6.94. The van der Waals surface area contributed by atoms with Crippen LogP contribution in [0.25, 0.3) is 0 Å². The van der Waals surface area contributed by atoms with Gasteiger partial charge in [0, 0.05) is 32.3 Å². The van der Waals surface area contributed by atoms with Crippen molar-refractivity contribution in [3.63, 3.8) is 0 Å². The topological polar surface area (TPSA) is 63.7 Å². The molecule has 2 aromatic rings. The molecular formula is C24H33N3O3. The second kappa shape index (κ2) is 12.1. The Labute approximate surface area is 179 Å². The Hall–Kier alpha value is -2.76. The fraction of sp³-hybridized carbons (Fsp3) is 0.500. The van der Waals surface area contributed by atoms with Gasteiger partial charge in [0.1, 0.15) is 5.82 Å². The predicted octanol–water partition coefficient (Wildman–Crippen LogP) is 4.34. The number of nitrogens with one attached hydrogen (secondary N) is 1. The Bertz CT molecular complexity index is 772. The summed E-state index contributed by atoms with van der Waals surface area (Å²) in [6.45, 7) is 5.68. The number of carbonyl (C=O) groups is 1. The minimum Gasteiger partial charge on any atom is -0.490 e. The Balaban J connectivity index is 1.35. The van der Waals surface area contributed by atoms with Gasteiger partial charge in [-0.15, -0.1) is 0 Å². The maximum Gasteiger partial charge on any atom is 0.220 e. The molecule has 0 unspecified atom stereocenters. The van der Waals surface area contributed by atoms with Crippen molar-refractivity contribution in [3.05, 3.63) is 48.2 Å². The largest absolute Gasteiger partial charge is 0.490 e. The molecule has 0 radical (unpaired) electrons. The Kier molecular flexibility index (Phi) is 8.81. The molecule has 3 rings (SSSR count). The van der Waals surface area contributed by atoms with Crippen LogP contribution in [-0.2, 0) is 11.3 Å². The number of ether oxygens (including phenoxy) is 2. The average Bonchev–Trinajstić information content (AvgIpc) is 3.06. The van der Waals surface area contributed by atoms with Gasteiger partial charge in [-0.1, -0.05) is 31.0 Å². The molecule has 1 aromatic carbocycles. The first-order chi connectivity index (χ1) is 14.8. The summed E-state index contributed by atoms with van der Waals surface area (Å²) in [7, 11) is 0. The van der Waals surface area contributed by atoms with Crippen molar-refractivity contribution < 1.29 is 14.3 Å². The summed E-state index contributed by atoms with van der Waals surface area (Å²) in [6.07, 6.45) is 8.04. The molecule has 0 aliphatic carbocycles. The summed E-state index contributed by atoms with van der Waals surface area (Å²) in [6, 6.07) is 11.7. The number of benzene rings is 1. The number of anilines is 1. The van der Waals surface area contributed by atoms with E-state index in [0.29, 0.717) is 32.6 Å². The van der Waals surface area contributed by atoms with Crippen LogP contribution >= 0.6 is 0 Å². The molecule has 6 nitrogen and oxygen atoms in total. The molecule has 30 heavy (non-hydrogen) atoms. The van der Waals surface area contributed by atoms with Crippen molar-refractivity contribution in [2.75, 3.05) is 31.2 Å². The lowest BCUT2D eigenvalue weighted by Crippen LogP contribution is -2.25. The molecule has 2 heterocycles. The highest BCUT2D eigenvalue weighted by Gasteiger charge is 2.11. The molecule has 162 valence electrons. The van der Waals surface area contributed by atoms with E-state index in [4.69, 9.17) is 9.47 Å². The highest BCUT2D eigenvalue weighted by atomic mass is 16.5. The van der Waals surface area contributed by atoms with Crippen LogP contribution in [0.4, 0.5) is 5.82 Å². The van der Waals surface area contributed by atoms with Crippen LogP contribution in [0.2, 0.25) is 0 Å². The zero-order valence-corrected chi connectivity index (χ0v) is 17.9. The van der Waals surface area contributed by atoms with Crippen LogP contribution in [0, 0.1) is 0 Å². The molecule has 0 bridgehead atoms. The minimum atomic E-state index is 0.0216. The van der Waals surface area contributed by atoms with E-state index in [9.17, 15) is 4.79 Å². The first kappa shape index (κ1) is 21.9. The lowest BCUT2D eigenvalue weighted by Gasteiger charge is -2.21. The molecule has 0 atom stereocenters. The number of pyridine rings is 1. The monoisotopic (exact) mass is 411 g/mol. The number of amides is 1. The molecular weight excluding hydrogens is 378 g/mol. The summed E-state index contributed by atoms with van der Waals surface area (Å²) in [5.41, 5.74) is 1.02. The predicted molar refractivity (Wildman–Crippen MR) is 119 cm³/mol. The molecule has 1 saturated heterocycles. The number of nitrogens with zero attached hydrogens (tertiary/aromatic N) is 2. The van der Waals surface area contributed by atoms with Crippen molar-refractivity contribution >= 4 is 11.7 Å². The van der Waals surface area contributed by atoms with E-state index in [1.54, 1.807) is 0 Å². The summed E-state index contributed by atoms with van der Waals surface area (Å²) < 4.78 is 11.3. The number of hydrogen-bond acceptors (Lipinski definition) is 5. The lowest BCUT2D eigenvalue weighted by molar-refractivity contribution is -0.121. The van der Waals surface area contributed by atoms with E-state index in [1.807, 2.05) is 37.4 Å². The lowest BCUT2D eigenvalue weighted by atomic mass is 10.2. The zero-order valence-electron chi connectivity index (χ0n) is 17.9. The number of rotatable bonds is 10. The highest BCUT2D eigenvalue weighted by molar-refractivity contribution is 5.75. The van der Waals surface area contributed by atoms with Crippen molar-refractivity contribution in [1.29, 1.82) is 0 Å². The van der Waals surface area contributed by atoms with E-state index < -0.39 is 0 Å². The fourth-order valence-electron chi connectivity index (χ4n) is 3.56. The first-order valence-electron chi connectivity index (χ1n) is 11.1. The minimum absolute atomic E-state index is 0.0216. The summed E-state index contributed by atoms with van der Waals surface area (Å²) >= 11 is 0. The first-order valence-corrected chi connectivity index (χ1v) is 11.1. The van der Waals surface area contributed by atoms with Crippen LogP contribution in [0.5, 0.6) is 11.5 Å². The standard InChI is InChI=1S/C24H33N3O3/c1-2-29-21-10-5-6-11-22(21)30-17-9-12-24(28)26-19-20-13-14-23(25-18-20)27-15-7-3-4-8-16-27/h5-6,10-11,13-14,18H,2-4,7-9,12,15-17,19H2,1H3,(H,26,28). The maximum atomic E-state index is 12.1. The smallest absolute Gasteiger partial charge is 0.220 e. The maximum absolute atomic E-state index is 12.1. The third-order valence-corrected chi connectivity index (χ3v) is 5.18. The molecule has 1 aliphatic rings. The van der Waals surface area contributed by atoms with Gasteiger partial charge in [-0.25, -0.2) is 4.98 Å². The zero-order chi connectivity index (χ0) is 21.0. The molecule has 0 saturated carbocycles. The summed E-state index contributed by atoms with van der Waals surface area (Å²) in [4.78, 5) is 19.1. The van der Waals surface area contributed by atoms with Crippen LogP contribution in [0.1, 0.15) is 51.0 Å². The van der Waals surface area contributed by atoms with Gasteiger partial charge >= 0.3 is 0 Å². The highest BCUT2D eigenvalue weighted by Crippen LogP contribution is 2.26. The second-order valence-corrected chi connectivity index (χ2v) is 7.53. The van der Waals surface area contributed by atoms with Crippen LogP contribution in [-0.4, -0.2) is 37.2 Å². The number of para-hydroxylation sites is 2. The summed E-state index contributed by atoms with van der Waals surface area (Å²) in [5, 5.41) is 2.97. The van der Waals surface area contributed by atoms with E-state index >= 15 is 0 Å². The molecule has 6 heteroatoms. The van der Waals surface area contributed by atoms with E-state index in [-0.39, 0.29) is 5.91 Å². The molecule has 0 spiro atoms. The second-order valence-electron chi connectivity index (χ2n) is 7.53. The van der Waals surface area contributed by atoms with Gasteiger partial charge in [-0.3, -0.25) is 4.79 Å². The molecule has 1 aliphatic heterocycles. The molecule has 1 amide bonds. The molecule has 1 aromatic heterocycles. The van der Waals surface area contributed by atoms with Crippen molar-refractivity contribution in [2.24, 2.45) is 0 Å². The van der Waals surface area contributed by atoms with Crippen molar-refractivity contribution in [3.8, 4) is 11.5 Å². The van der Waals surface area contributed by atoms with E-state index in [0.717, 1.165) is 36.0 Å². The number of aromatic nitrogens is 1. The van der Waals surface area contributed by atoms with E-state index in [1.165, 1.54) is 25.7 Å². The van der Waals surface area contributed by atoms with Gasteiger partial charge in [0.2, 0.25) is 5.91 Å². The van der Waals surface area contributed by atoms with Gasteiger partial charge in [-0.05, 0) is 49.9 Å². The normalized spacial score (nSPS) is 14.1. The van der Waals surface area contributed by atoms with Gasteiger partial charge in [0.15, 0.2) is 11.5 Å². The average molecular weight is 412 g/mol. The van der Waals surface area contributed by atoms with Gasteiger partial charge in [-0.2, -0.15) is 0 Å². The van der Waals surface area contributed by atoms with Crippen molar-refractivity contribution in [1.82, 2.24) is 10.3 Å². The Morgan fingerprint density at radius 1 is 1.03 bits per heavy atom. The number of carbonyl (C=O) groups excluding carboxylic acids is 1. The third-order valence-electron chi connectivity index (χ3n) is 5.18. The fourth-order valence-corrected chi connectivity index (χ4v) is 3.56. The Morgan fingerprint density at radius 2 is 1.77 bits per heavy atom. The summed E-state index contributed by atoms with van der Waals surface area (Å²) in [5.74, 6) is 2.51. The molecule has 1 N–H and O–H groups in total. The van der Waals surface area contributed by atoms with Gasteiger partial charge in [0.25, 0.3) is 0 Å². The SMILES string of the molecule is CCOc1ccccc1OCCCC(=O)NCc1ccc(N2CCCCCC2)nc1. The number of hydrogen-bond donors (Lipinski definition) is 1. The van der Waals surface area contributed by atoms with Gasteiger partial charge < -0.3 is 19.7 Å².